The number of rotatable bonds is 5. The number of likely N-dealkylation sites (tertiary alicyclic amines) is 1. The lowest BCUT2D eigenvalue weighted by Gasteiger charge is -2.31. The van der Waals surface area contributed by atoms with Gasteiger partial charge in [-0.05, 0) is 56.6 Å². The van der Waals surface area contributed by atoms with Crippen LogP contribution < -0.4 is 4.74 Å². The third-order valence-electron chi connectivity index (χ3n) is 4.81. The van der Waals surface area contributed by atoms with Crippen LogP contribution in [0.3, 0.4) is 0 Å². The fourth-order valence-electron chi connectivity index (χ4n) is 3.50. The van der Waals surface area contributed by atoms with Crippen LogP contribution in [-0.2, 0) is 6.54 Å². The fraction of sp³-hybridized carbons (Fsp3) is 0.421. The highest BCUT2D eigenvalue weighted by Crippen LogP contribution is 2.27. The predicted octanol–water partition coefficient (Wildman–Crippen LogP) is 2.90. The van der Waals surface area contributed by atoms with Gasteiger partial charge in [0.25, 0.3) is 5.78 Å². The van der Waals surface area contributed by atoms with Crippen molar-refractivity contribution < 1.29 is 4.74 Å². The molecule has 25 heavy (non-hydrogen) atoms. The van der Waals surface area contributed by atoms with E-state index in [-0.39, 0.29) is 0 Å². The zero-order valence-corrected chi connectivity index (χ0v) is 14.5. The molecule has 1 aliphatic heterocycles. The van der Waals surface area contributed by atoms with Gasteiger partial charge in [0, 0.05) is 24.9 Å². The SMILES string of the molecule is CCOc1ccc(CN2CCC(c3nnc4ncccn34)CC2)cc1. The topological polar surface area (TPSA) is 55.5 Å². The van der Waals surface area contributed by atoms with Gasteiger partial charge in [-0.2, -0.15) is 0 Å². The van der Waals surface area contributed by atoms with Crippen molar-refractivity contribution in [2.24, 2.45) is 0 Å². The van der Waals surface area contributed by atoms with Crippen molar-refractivity contribution in [2.45, 2.75) is 32.2 Å². The van der Waals surface area contributed by atoms with Crippen LogP contribution >= 0.6 is 0 Å². The second-order valence-corrected chi connectivity index (χ2v) is 6.48. The molecular weight excluding hydrogens is 314 g/mol. The van der Waals surface area contributed by atoms with Crippen molar-refractivity contribution in [1.29, 1.82) is 0 Å². The Kier molecular flexibility index (Phi) is 4.61. The molecule has 0 bridgehead atoms. The molecule has 6 nitrogen and oxygen atoms in total. The second kappa shape index (κ2) is 7.19. The molecule has 2 aromatic heterocycles. The molecule has 1 fully saturated rings. The van der Waals surface area contributed by atoms with Gasteiger partial charge in [0.1, 0.15) is 11.6 Å². The summed E-state index contributed by atoms with van der Waals surface area (Å²) in [6.45, 7) is 5.85. The first kappa shape index (κ1) is 16.0. The normalized spacial score (nSPS) is 16.4. The maximum Gasteiger partial charge on any atom is 0.254 e. The Bertz CT molecular complexity index is 821. The van der Waals surface area contributed by atoms with E-state index in [1.54, 1.807) is 6.20 Å². The molecule has 3 heterocycles. The number of aromatic nitrogens is 4. The molecule has 4 rings (SSSR count). The molecular formula is C19H23N5O. The molecule has 0 saturated carbocycles. The van der Waals surface area contributed by atoms with Crippen molar-refractivity contribution in [3.05, 3.63) is 54.1 Å². The molecule has 0 aliphatic carbocycles. The van der Waals surface area contributed by atoms with Gasteiger partial charge < -0.3 is 4.74 Å². The first-order valence-corrected chi connectivity index (χ1v) is 8.93. The Morgan fingerprint density at radius 3 is 2.68 bits per heavy atom. The molecule has 1 aliphatic rings. The Labute approximate surface area is 147 Å². The Balaban J connectivity index is 1.36. The monoisotopic (exact) mass is 337 g/mol. The molecule has 0 spiro atoms. The molecule has 6 heteroatoms. The third-order valence-corrected chi connectivity index (χ3v) is 4.81. The van der Waals surface area contributed by atoms with Gasteiger partial charge in [-0.15, -0.1) is 10.2 Å². The maximum absolute atomic E-state index is 5.51. The number of hydrogen-bond donors (Lipinski definition) is 0. The summed E-state index contributed by atoms with van der Waals surface area (Å²) >= 11 is 0. The number of fused-ring (bicyclic) bond motifs is 1. The van der Waals surface area contributed by atoms with Crippen LogP contribution in [-0.4, -0.2) is 44.2 Å². The van der Waals surface area contributed by atoms with Gasteiger partial charge in [0.05, 0.1) is 6.61 Å². The van der Waals surface area contributed by atoms with Crippen molar-refractivity contribution in [1.82, 2.24) is 24.5 Å². The summed E-state index contributed by atoms with van der Waals surface area (Å²) in [7, 11) is 0. The van der Waals surface area contributed by atoms with E-state index in [9.17, 15) is 0 Å². The van der Waals surface area contributed by atoms with Crippen LogP contribution in [0.1, 0.15) is 37.1 Å². The van der Waals surface area contributed by atoms with Crippen LogP contribution in [0.25, 0.3) is 5.78 Å². The molecule has 0 unspecified atom stereocenters. The van der Waals surface area contributed by atoms with Gasteiger partial charge in [-0.3, -0.25) is 9.30 Å². The number of piperidine rings is 1. The summed E-state index contributed by atoms with van der Waals surface area (Å²) in [5.74, 6) is 3.13. The molecule has 0 radical (unpaired) electrons. The average Bonchev–Trinajstić information content (AvgIpc) is 3.08. The minimum Gasteiger partial charge on any atom is -0.494 e. The van der Waals surface area contributed by atoms with Crippen molar-refractivity contribution in [3.63, 3.8) is 0 Å². The smallest absolute Gasteiger partial charge is 0.254 e. The molecule has 0 atom stereocenters. The van der Waals surface area contributed by atoms with Crippen LogP contribution in [0.2, 0.25) is 0 Å². The van der Waals surface area contributed by atoms with Crippen molar-refractivity contribution in [3.8, 4) is 5.75 Å². The lowest BCUT2D eigenvalue weighted by Crippen LogP contribution is -2.33. The van der Waals surface area contributed by atoms with Gasteiger partial charge in [0.15, 0.2) is 0 Å². The summed E-state index contributed by atoms with van der Waals surface area (Å²) in [6.07, 6.45) is 5.97. The van der Waals surface area contributed by atoms with Gasteiger partial charge in [-0.25, -0.2) is 4.98 Å². The minimum atomic E-state index is 0.454. The number of ether oxygens (including phenoxy) is 1. The number of nitrogens with zero attached hydrogens (tertiary/aromatic N) is 5. The fourth-order valence-corrected chi connectivity index (χ4v) is 3.50. The maximum atomic E-state index is 5.51. The summed E-state index contributed by atoms with van der Waals surface area (Å²) < 4.78 is 7.53. The van der Waals surface area contributed by atoms with E-state index in [1.165, 1.54) is 5.56 Å². The molecule has 1 aromatic carbocycles. The van der Waals surface area contributed by atoms with Crippen LogP contribution in [0, 0.1) is 0 Å². The summed E-state index contributed by atoms with van der Waals surface area (Å²) in [6, 6.07) is 10.4. The number of benzene rings is 1. The second-order valence-electron chi connectivity index (χ2n) is 6.48. The molecule has 0 N–H and O–H groups in total. The van der Waals surface area contributed by atoms with Gasteiger partial charge in [-0.1, -0.05) is 12.1 Å². The van der Waals surface area contributed by atoms with Crippen LogP contribution in [0.15, 0.2) is 42.7 Å². The first-order valence-electron chi connectivity index (χ1n) is 8.93. The third kappa shape index (κ3) is 3.49. The summed E-state index contributed by atoms with van der Waals surface area (Å²) in [5, 5.41) is 8.55. The van der Waals surface area contributed by atoms with E-state index in [2.05, 4.69) is 44.3 Å². The van der Waals surface area contributed by atoms with Gasteiger partial charge in [0.2, 0.25) is 0 Å². The van der Waals surface area contributed by atoms with E-state index in [0.717, 1.165) is 44.0 Å². The zero-order chi connectivity index (χ0) is 17.1. The highest BCUT2D eigenvalue weighted by Gasteiger charge is 2.24. The highest BCUT2D eigenvalue weighted by molar-refractivity contribution is 5.28. The van der Waals surface area contributed by atoms with E-state index in [1.807, 2.05) is 23.6 Å². The van der Waals surface area contributed by atoms with Crippen molar-refractivity contribution in [2.75, 3.05) is 19.7 Å². The van der Waals surface area contributed by atoms with Gasteiger partial charge >= 0.3 is 0 Å². The molecule has 3 aromatic rings. The largest absolute Gasteiger partial charge is 0.494 e. The summed E-state index contributed by atoms with van der Waals surface area (Å²) in [5.41, 5.74) is 1.33. The van der Waals surface area contributed by atoms with E-state index in [4.69, 9.17) is 4.74 Å². The number of hydrogen-bond acceptors (Lipinski definition) is 5. The average molecular weight is 337 g/mol. The molecule has 0 amide bonds. The molecule has 130 valence electrons. The summed E-state index contributed by atoms with van der Waals surface area (Å²) in [4.78, 5) is 6.76. The first-order chi connectivity index (χ1) is 12.3. The van der Waals surface area contributed by atoms with E-state index < -0.39 is 0 Å². The van der Waals surface area contributed by atoms with E-state index >= 15 is 0 Å². The quantitative estimate of drug-likeness (QED) is 0.716. The Morgan fingerprint density at radius 2 is 1.92 bits per heavy atom. The zero-order valence-electron chi connectivity index (χ0n) is 14.5. The van der Waals surface area contributed by atoms with Crippen LogP contribution in [0.5, 0.6) is 5.75 Å². The lowest BCUT2D eigenvalue weighted by molar-refractivity contribution is 0.201. The standard InChI is InChI=1S/C19H23N5O/c1-2-25-17-6-4-15(5-7-17)14-23-12-8-16(9-13-23)18-21-22-19-20-10-3-11-24(18)19/h3-7,10-11,16H,2,8-9,12-14H2,1H3. The molecule has 1 saturated heterocycles. The van der Waals surface area contributed by atoms with Crippen LogP contribution in [0.4, 0.5) is 0 Å². The minimum absolute atomic E-state index is 0.454. The van der Waals surface area contributed by atoms with Crippen molar-refractivity contribution >= 4 is 5.78 Å². The van der Waals surface area contributed by atoms with E-state index in [0.29, 0.717) is 18.3 Å². The Hall–Kier alpha value is -2.47. The highest BCUT2D eigenvalue weighted by atomic mass is 16.5. The predicted molar refractivity (Wildman–Crippen MR) is 95.6 cm³/mol. The lowest BCUT2D eigenvalue weighted by atomic mass is 9.95. The Morgan fingerprint density at radius 1 is 1.12 bits per heavy atom.